The fourth-order valence-corrected chi connectivity index (χ4v) is 2.29. The van der Waals surface area contributed by atoms with Crippen LogP contribution in [0.2, 0.25) is 0 Å². The minimum absolute atomic E-state index is 0.134. The minimum Gasteiger partial charge on any atom is -0.480 e. The van der Waals surface area contributed by atoms with Crippen molar-refractivity contribution < 1.29 is 19.5 Å². The van der Waals surface area contributed by atoms with Crippen molar-refractivity contribution in [1.82, 2.24) is 20.9 Å². The molecule has 126 valence electrons. The predicted molar refractivity (Wildman–Crippen MR) is 81.3 cm³/mol. The van der Waals surface area contributed by atoms with E-state index < -0.39 is 24.1 Å². The molecule has 1 saturated heterocycles. The molecule has 0 bridgehead atoms. The molecule has 2 amide bonds. The Kier molecular flexibility index (Phi) is 6.76. The maximum absolute atomic E-state index is 12.7. The molecule has 8 nitrogen and oxygen atoms in total. The highest BCUT2D eigenvalue weighted by Crippen LogP contribution is 2.12. The number of carbonyl (C=O) groups is 3. The molecular weight excluding hydrogens is 288 g/mol. The van der Waals surface area contributed by atoms with Crippen LogP contribution in [0.25, 0.3) is 0 Å². The summed E-state index contributed by atoms with van der Waals surface area (Å²) < 4.78 is 0. The Hall–Kier alpha value is -1.67. The van der Waals surface area contributed by atoms with Crippen LogP contribution in [-0.2, 0) is 14.4 Å². The minimum atomic E-state index is -1.04. The van der Waals surface area contributed by atoms with Crippen molar-refractivity contribution in [2.75, 3.05) is 26.7 Å². The summed E-state index contributed by atoms with van der Waals surface area (Å²) in [6.07, 6.45) is 0. The molecular formula is C14H26N4O4. The Morgan fingerprint density at radius 2 is 1.91 bits per heavy atom. The fraction of sp³-hybridized carbons (Fsp3) is 0.786. The van der Waals surface area contributed by atoms with Gasteiger partial charge in [-0.25, -0.2) is 4.79 Å². The smallest absolute Gasteiger partial charge is 0.327 e. The summed E-state index contributed by atoms with van der Waals surface area (Å²) in [7, 11) is 1.66. The topological polar surface area (TPSA) is 111 Å². The van der Waals surface area contributed by atoms with Crippen LogP contribution in [-0.4, -0.2) is 72.6 Å². The molecule has 0 radical (unpaired) electrons. The van der Waals surface area contributed by atoms with Gasteiger partial charge in [-0.2, -0.15) is 0 Å². The van der Waals surface area contributed by atoms with E-state index in [-0.39, 0.29) is 24.3 Å². The number of likely N-dealkylation sites (N-methyl/N-ethyl adjacent to an activating group) is 1. The van der Waals surface area contributed by atoms with E-state index in [9.17, 15) is 19.5 Å². The number of carboxylic acids is 1. The normalized spacial score (nSPS) is 21.3. The first-order chi connectivity index (χ1) is 10.3. The van der Waals surface area contributed by atoms with Gasteiger partial charge in [0.15, 0.2) is 0 Å². The first kappa shape index (κ1) is 18.4. The third-order valence-electron chi connectivity index (χ3n) is 3.87. The van der Waals surface area contributed by atoms with Gasteiger partial charge in [-0.15, -0.1) is 0 Å². The van der Waals surface area contributed by atoms with Crippen molar-refractivity contribution in [2.45, 2.75) is 38.9 Å². The first-order valence-electron chi connectivity index (χ1n) is 7.51. The highest BCUT2D eigenvalue weighted by Gasteiger charge is 2.37. The average molecular weight is 314 g/mol. The number of nitrogens with one attached hydrogen (secondary N) is 3. The van der Waals surface area contributed by atoms with E-state index in [1.165, 1.54) is 4.90 Å². The van der Waals surface area contributed by atoms with Crippen LogP contribution in [0.3, 0.4) is 0 Å². The lowest BCUT2D eigenvalue weighted by Gasteiger charge is -2.37. The number of carbonyl (C=O) groups excluding carboxylic acids is 2. The largest absolute Gasteiger partial charge is 0.480 e. The molecule has 22 heavy (non-hydrogen) atoms. The van der Waals surface area contributed by atoms with Gasteiger partial charge in [0.25, 0.3) is 0 Å². The van der Waals surface area contributed by atoms with Crippen LogP contribution >= 0.6 is 0 Å². The Labute approximate surface area is 130 Å². The van der Waals surface area contributed by atoms with Crippen LogP contribution in [0, 0.1) is 5.92 Å². The molecule has 1 heterocycles. The van der Waals surface area contributed by atoms with Gasteiger partial charge < -0.3 is 26.0 Å². The van der Waals surface area contributed by atoms with Crippen molar-refractivity contribution >= 4 is 17.8 Å². The number of rotatable bonds is 6. The summed E-state index contributed by atoms with van der Waals surface area (Å²) >= 11 is 0. The maximum atomic E-state index is 12.7. The van der Waals surface area contributed by atoms with Crippen molar-refractivity contribution in [1.29, 1.82) is 0 Å². The third-order valence-corrected chi connectivity index (χ3v) is 3.87. The molecule has 4 N–H and O–H groups in total. The lowest BCUT2D eigenvalue weighted by atomic mass is 10.0. The summed E-state index contributed by atoms with van der Waals surface area (Å²) in [6, 6.07) is -2.06. The zero-order valence-corrected chi connectivity index (χ0v) is 13.5. The van der Waals surface area contributed by atoms with E-state index in [1.54, 1.807) is 14.0 Å². The van der Waals surface area contributed by atoms with E-state index in [1.807, 2.05) is 13.8 Å². The quantitative estimate of drug-likeness (QED) is 0.481. The van der Waals surface area contributed by atoms with E-state index in [0.29, 0.717) is 13.1 Å². The van der Waals surface area contributed by atoms with E-state index >= 15 is 0 Å². The molecule has 0 saturated carbocycles. The SMILES string of the molecule is CNC(C)C(=O)NC(C(=O)N1CCNCC1C(=O)O)C(C)C. The second-order valence-corrected chi connectivity index (χ2v) is 5.83. The van der Waals surface area contributed by atoms with Gasteiger partial charge >= 0.3 is 5.97 Å². The molecule has 0 aromatic rings. The number of aliphatic carboxylic acids is 1. The number of amides is 2. The number of nitrogens with zero attached hydrogens (tertiary/aromatic N) is 1. The molecule has 1 rings (SSSR count). The third kappa shape index (κ3) is 4.41. The highest BCUT2D eigenvalue weighted by molar-refractivity contribution is 5.92. The number of hydrogen-bond donors (Lipinski definition) is 4. The lowest BCUT2D eigenvalue weighted by molar-refractivity contribution is -0.153. The molecule has 1 fully saturated rings. The van der Waals surface area contributed by atoms with Crippen LogP contribution in [0.4, 0.5) is 0 Å². The average Bonchev–Trinajstić information content (AvgIpc) is 2.50. The van der Waals surface area contributed by atoms with Crippen LogP contribution in [0.15, 0.2) is 0 Å². The monoisotopic (exact) mass is 314 g/mol. The van der Waals surface area contributed by atoms with Crippen LogP contribution in [0.1, 0.15) is 20.8 Å². The second-order valence-electron chi connectivity index (χ2n) is 5.83. The van der Waals surface area contributed by atoms with Crippen molar-refractivity contribution in [3.05, 3.63) is 0 Å². The molecule has 8 heteroatoms. The van der Waals surface area contributed by atoms with Gasteiger partial charge in [0.05, 0.1) is 6.04 Å². The Bertz CT molecular complexity index is 427. The highest BCUT2D eigenvalue weighted by atomic mass is 16.4. The standard InChI is InChI=1S/C14H26N4O4/c1-8(2)11(17-12(19)9(3)15-4)13(20)18-6-5-16-7-10(18)14(21)22/h8-11,15-16H,5-7H2,1-4H3,(H,17,19)(H,21,22). The van der Waals surface area contributed by atoms with E-state index in [0.717, 1.165) is 0 Å². The van der Waals surface area contributed by atoms with Crippen molar-refractivity contribution in [3.8, 4) is 0 Å². The summed E-state index contributed by atoms with van der Waals surface area (Å²) in [4.78, 5) is 37.4. The summed E-state index contributed by atoms with van der Waals surface area (Å²) in [6.45, 7) is 6.42. The van der Waals surface area contributed by atoms with Gasteiger partial charge in [0, 0.05) is 19.6 Å². The van der Waals surface area contributed by atoms with Gasteiger partial charge in [-0.3, -0.25) is 9.59 Å². The number of carboxylic acid groups (broad SMARTS) is 1. The zero-order chi connectivity index (χ0) is 16.9. The fourth-order valence-electron chi connectivity index (χ4n) is 2.29. The summed E-state index contributed by atoms with van der Waals surface area (Å²) in [5.74, 6) is -1.81. The van der Waals surface area contributed by atoms with E-state index in [2.05, 4.69) is 16.0 Å². The number of piperazine rings is 1. The Morgan fingerprint density at radius 3 is 2.41 bits per heavy atom. The van der Waals surface area contributed by atoms with Crippen LogP contribution in [0.5, 0.6) is 0 Å². The van der Waals surface area contributed by atoms with Gasteiger partial charge in [0.1, 0.15) is 12.1 Å². The van der Waals surface area contributed by atoms with Crippen LogP contribution < -0.4 is 16.0 Å². The zero-order valence-electron chi connectivity index (χ0n) is 13.5. The molecule has 1 aliphatic heterocycles. The van der Waals surface area contributed by atoms with Crippen molar-refractivity contribution in [3.63, 3.8) is 0 Å². The first-order valence-corrected chi connectivity index (χ1v) is 7.51. The summed E-state index contributed by atoms with van der Waals surface area (Å²) in [5.41, 5.74) is 0. The molecule has 3 atom stereocenters. The van der Waals surface area contributed by atoms with Crippen molar-refractivity contribution in [2.24, 2.45) is 5.92 Å². The number of hydrogen-bond acceptors (Lipinski definition) is 5. The molecule has 0 aromatic heterocycles. The molecule has 0 aliphatic carbocycles. The molecule has 3 unspecified atom stereocenters. The summed E-state index contributed by atoms with van der Waals surface area (Å²) in [5, 5.41) is 17.8. The maximum Gasteiger partial charge on any atom is 0.327 e. The molecule has 0 spiro atoms. The molecule has 0 aromatic carbocycles. The second kappa shape index (κ2) is 8.09. The Balaban J connectivity index is 2.87. The van der Waals surface area contributed by atoms with Gasteiger partial charge in [-0.05, 0) is 19.9 Å². The lowest BCUT2D eigenvalue weighted by Crippen LogP contribution is -2.62. The Morgan fingerprint density at radius 1 is 1.27 bits per heavy atom. The van der Waals surface area contributed by atoms with Gasteiger partial charge in [-0.1, -0.05) is 13.8 Å². The van der Waals surface area contributed by atoms with E-state index in [4.69, 9.17) is 0 Å². The van der Waals surface area contributed by atoms with Gasteiger partial charge in [0.2, 0.25) is 11.8 Å². The predicted octanol–water partition coefficient (Wildman–Crippen LogP) is -1.38. The molecule has 1 aliphatic rings.